The van der Waals surface area contributed by atoms with E-state index in [9.17, 15) is 4.79 Å². The van der Waals surface area contributed by atoms with Crippen molar-refractivity contribution in [2.45, 2.75) is 53.4 Å². The number of aryl methyl sites for hydroxylation is 1. The van der Waals surface area contributed by atoms with Crippen LogP contribution < -0.4 is 4.74 Å². The number of hydrogen-bond donors (Lipinski definition) is 0. The van der Waals surface area contributed by atoms with E-state index < -0.39 is 0 Å². The van der Waals surface area contributed by atoms with Crippen molar-refractivity contribution in [3.8, 4) is 5.75 Å². The van der Waals surface area contributed by atoms with E-state index in [0.29, 0.717) is 6.54 Å². The van der Waals surface area contributed by atoms with Crippen LogP contribution in [0, 0.1) is 0 Å². The number of nitrogens with zero attached hydrogens (tertiary/aromatic N) is 1. The third-order valence-electron chi connectivity index (χ3n) is 3.67. The minimum atomic E-state index is 0.207. The monoisotopic (exact) mass is 305 g/mol. The summed E-state index contributed by atoms with van der Waals surface area (Å²) in [6, 6.07) is 5.86. The molecule has 3 nitrogen and oxygen atoms in total. The first-order valence-corrected chi connectivity index (χ1v) is 8.67. The average molecular weight is 305 g/mol. The lowest BCUT2D eigenvalue weighted by Crippen LogP contribution is -2.31. The zero-order valence-electron chi connectivity index (χ0n) is 14.7. The van der Waals surface area contributed by atoms with Gasteiger partial charge in [0, 0.05) is 5.56 Å². The van der Waals surface area contributed by atoms with Gasteiger partial charge in [0.2, 0.25) is 0 Å². The molecule has 124 valence electrons. The molecule has 1 aromatic carbocycles. The first-order valence-electron chi connectivity index (χ1n) is 8.67. The Morgan fingerprint density at radius 2 is 1.73 bits per heavy atom. The van der Waals surface area contributed by atoms with Crippen molar-refractivity contribution >= 4 is 5.78 Å². The fraction of sp³-hybridized carbons (Fsp3) is 0.632. The highest BCUT2D eigenvalue weighted by atomic mass is 16.5. The summed E-state index contributed by atoms with van der Waals surface area (Å²) >= 11 is 0. The van der Waals surface area contributed by atoms with Crippen molar-refractivity contribution in [2.24, 2.45) is 0 Å². The van der Waals surface area contributed by atoms with E-state index in [1.54, 1.807) is 0 Å². The lowest BCUT2D eigenvalue weighted by Gasteiger charge is -2.20. The number of hydrogen-bond acceptors (Lipinski definition) is 3. The van der Waals surface area contributed by atoms with Crippen LogP contribution in [0.3, 0.4) is 0 Å². The van der Waals surface area contributed by atoms with Crippen LogP contribution in [0.4, 0.5) is 0 Å². The minimum Gasteiger partial charge on any atom is -0.493 e. The summed E-state index contributed by atoms with van der Waals surface area (Å²) in [6.07, 6.45) is 4.04. The standard InChI is InChI=1S/C19H31NO2/c1-5-11-20(12-6-2)15-18(21)17-9-10-19(22-13-7-3)16(8-4)14-17/h9-10,14H,5-8,11-13,15H2,1-4H3. The lowest BCUT2D eigenvalue weighted by molar-refractivity contribution is 0.0930. The Morgan fingerprint density at radius 3 is 2.27 bits per heavy atom. The summed E-state index contributed by atoms with van der Waals surface area (Å²) in [5.41, 5.74) is 1.93. The third-order valence-corrected chi connectivity index (χ3v) is 3.67. The summed E-state index contributed by atoms with van der Waals surface area (Å²) in [4.78, 5) is 14.8. The Balaban J connectivity index is 2.80. The summed E-state index contributed by atoms with van der Waals surface area (Å²) in [5.74, 6) is 1.12. The molecule has 0 radical (unpaired) electrons. The number of carbonyl (C=O) groups excluding carboxylic acids is 1. The predicted octanol–water partition coefficient (Wildman–Crippen LogP) is 4.34. The van der Waals surface area contributed by atoms with E-state index in [1.165, 1.54) is 0 Å². The number of carbonyl (C=O) groups is 1. The van der Waals surface area contributed by atoms with Crippen LogP contribution in [0.5, 0.6) is 5.75 Å². The van der Waals surface area contributed by atoms with Crippen LogP contribution in [-0.4, -0.2) is 36.9 Å². The van der Waals surface area contributed by atoms with Gasteiger partial charge in [0.1, 0.15) is 5.75 Å². The first-order chi connectivity index (χ1) is 10.7. The zero-order chi connectivity index (χ0) is 16.4. The van der Waals surface area contributed by atoms with Gasteiger partial charge in [-0.25, -0.2) is 0 Å². The highest BCUT2D eigenvalue weighted by Gasteiger charge is 2.13. The molecule has 0 aliphatic carbocycles. The molecule has 0 saturated heterocycles. The fourth-order valence-electron chi connectivity index (χ4n) is 2.58. The Labute approximate surface area is 135 Å². The van der Waals surface area contributed by atoms with Crippen LogP contribution in [0.25, 0.3) is 0 Å². The van der Waals surface area contributed by atoms with Gasteiger partial charge in [0.25, 0.3) is 0 Å². The van der Waals surface area contributed by atoms with E-state index in [-0.39, 0.29) is 5.78 Å². The van der Waals surface area contributed by atoms with Crippen molar-refractivity contribution in [1.29, 1.82) is 0 Å². The Morgan fingerprint density at radius 1 is 1.05 bits per heavy atom. The molecule has 0 amide bonds. The number of Topliss-reactive ketones (excluding diaryl/α,β-unsaturated/α-hetero) is 1. The fourth-order valence-corrected chi connectivity index (χ4v) is 2.58. The van der Waals surface area contributed by atoms with Gasteiger partial charge < -0.3 is 4.74 Å². The molecule has 0 N–H and O–H groups in total. The lowest BCUT2D eigenvalue weighted by atomic mass is 10.0. The molecule has 0 aliphatic rings. The van der Waals surface area contributed by atoms with Crippen LogP contribution in [-0.2, 0) is 6.42 Å². The maximum absolute atomic E-state index is 12.5. The average Bonchev–Trinajstić information content (AvgIpc) is 2.53. The molecule has 0 bridgehead atoms. The van der Waals surface area contributed by atoms with E-state index >= 15 is 0 Å². The highest BCUT2D eigenvalue weighted by Crippen LogP contribution is 2.21. The maximum atomic E-state index is 12.5. The Bertz CT molecular complexity index is 451. The quantitative estimate of drug-likeness (QED) is 0.569. The second-order valence-electron chi connectivity index (χ2n) is 5.72. The Kier molecular flexibility index (Phi) is 8.83. The summed E-state index contributed by atoms with van der Waals surface area (Å²) in [7, 11) is 0. The smallest absolute Gasteiger partial charge is 0.176 e. The largest absolute Gasteiger partial charge is 0.493 e. The zero-order valence-corrected chi connectivity index (χ0v) is 14.7. The molecule has 0 fully saturated rings. The van der Waals surface area contributed by atoms with Crippen LogP contribution in [0.2, 0.25) is 0 Å². The molecule has 0 heterocycles. The maximum Gasteiger partial charge on any atom is 0.176 e. The van der Waals surface area contributed by atoms with Crippen molar-refractivity contribution in [3.63, 3.8) is 0 Å². The highest BCUT2D eigenvalue weighted by molar-refractivity contribution is 5.98. The van der Waals surface area contributed by atoms with Crippen molar-refractivity contribution in [1.82, 2.24) is 4.90 Å². The Hall–Kier alpha value is -1.35. The van der Waals surface area contributed by atoms with Gasteiger partial charge >= 0.3 is 0 Å². The topological polar surface area (TPSA) is 29.5 Å². The van der Waals surface area contributed by atoms with Gasteiger partial charge in [-0.3, -0.25) is 9.69 Å². The molecule has 0 spiro atoms. The first kappa shape index (κ1) is 18.7. The summed E-state index contributed by atoms with van der Waals surface area (Å²) in [6.45, 7) is 11.7. The van der Waals surface area contributed by atoms with E-state index in [0.717, 1.165) is 62.3 Å². The van der Waals surface area contributed by atoms with Gasteiger partial charge in [0.15, 0.2) is 5.78 Å². The SMILES string of the molecule is CCCOc1ccc(C(=O)CN(CCC)CCC)cc1CC. The van der Waals surface area contributed by atoms with Gasteiger partial charge in [-0.1, -0.05) is 27.7 Å². The van der Waals surface area contributed by atoms with E-state index in [1.807, 2.05) is 18.2 Å². The molecular weight excluding hydrogens is 274 g/mol. The second-order valence-corrected chi connectivity index (χ2v) is 5.72. The van der Waals surface area contributed by atoms with Crippen molar-refractivity contribution in [3.05, 3.63) is 29.3 Å². The summed E-state index contributed by atoms with van der Waals surface area (Å²) in [5, 5.41) is 0. The number of rotatable bonds is 11. The van der Waals surface area contributed by atoms with E-state index in [4.69, 9.17) is 4.74 Å². The van der Waals surface area contributed by atoms with Crippen LogP contribution in [0.15, 0.2) is 18.2 Å². The molecule has 3 heteroatoms. The van der Waals surface area contributed by atoms with Gasteiger partial charge in [-0.05, 0) is 62.5 Å². The molecule has 22 heavy (non-hydrogen) atoms. The van der Waals surface area contributed by atoms with Crippen molar-refractivity contribution < 1.29 is 9.53 Å². The van der Waals surface area contributed by atoms with Gasteiger partial charge in [0.05, 0.1) is 13.2 Å². The van der Waals surface area contributed by atoms with Crippen LogP contribution >= 0.6 is 0 Å². The normalized spacial score (nSPS) is 11.0. The molecule has 0 aliphatic heterocycles. The molecule has 0 unspecified atom stereocenters. The van der Waals surface area contributed by atoms with Crippen molar-refractivity contribution in [2.75, 3.05) is 26.2 Å². The molecule has 1 aromatic rings. The molecule has 0 saturated carbocycles. The van der Waals surface area contributed by atoms with E-state index in [2.05, 4.69) is 32.6 Å². The molecular formula is C19H31NO2. The minimum absolute atomic E-state index is 0.207. The van der Waals surface area contributed by atoms with Crippen LogP contribution in [0.1, 0.15) is 62.9 Å². The molecule has 1 rings (SSSR count). The third kappa shape index (κ3) is 5.80. The predicted molar refractivity (Wildman–Crippen MR) is 93.0 cm³/mol. The molecule has 0 atom stereocenters. The number of ether oxygens (including phenoxy) is 1. The molecule has 0 aromatic heterocycles. The second kappa shape index (κ2) is 10.4. The van der Waals surface area contributed by atoms with Gasteiger partial charge in [-0.2, -0.15) is 0 Å². The van der Waals surface area contributed by atoms with Gasteiger partial charge in [-0.15, -0.1) is 0 Å². The summed E-state index contributed by atoms with van der Waals surface area (Å²) < 4.78 is 5.75. The number of benzene rings is 1. The number of ketones is 1.